The maximum Gasteiger partial charge on any atom is 0.0948 e. The van der Waals surface area contributed by atoms with Gasteiger partial charge in [-0.3, -0.25) is 4.90 Å². The van der Waals surface area contributed by atoms with Crippen molar-refractivity contribution in [2.45, 2.75) is 19.4 Å². The van der Waals surface area contributed by atoms with Crippen LogP contribution in [0.25, 0.3) is 0 Å². The van der Waals surface area contributed by atoms with Crippen molar-refractivity contribution in [3.05, 3.63) is 35.4 Å². The topological polar surface area (TPSA) is 49.5 Å². The van der Waals surface area contributed by atoms with Gasteiger partial charge in [0.25, 0.3) is 0 Å². The molecule has 0 saturated carbocycles. The molecular formula is C13H20N2OS. The number of likely N-dealkylation sites (N-methyl/N-ethyl adjacent to an activating group) is 1. The van der Waals surface area contributed by atoms with Crippen molar-refractivity contribution in [3.8, 4) is 0 Å². The van der Waals surface area contributed by atoms with Crippen LogP contribution in [-0.4, -0.2) is 35.2 Å². The molecule has 1 rings (SSSR count). The first kappa shape index (κ1) is 14.1. The predicted octanol–water partition coefficient (Wildman–Crippen LogP) is 1.50. The minimum absolute atomic E-state index is 0.0999. The lowest BCUT2D eigenvalue weighted by molar-refractivity contribution is 0.207. The third-order valence-electron chi connectivity index (χ3n) is 2.87. The maximum absolute atomic E-state index is 8.97. The molecule has 0 fully saturated rings. The minimum Gasteiger partial charge on any atom is -0.395 e. The van der Waals surface area contributed by atoms with E-state index in [1.54, 1.807) is 0 Å². The number of rotatable bonds is 6. The Kier molecular flexibility index (Phi) is 5.55. The molecule has 0 heterocycles. The Bertz CT molecular complexity index is 364. The number of thiocarbonyl (C=S) groups is 1. The van der Waals surface area contributed by atoms with Gasteiger partial charge in [0.15, 0.2) is 0 Å². The Hall–Kier alpha value is -0.970. The highest BCUT2D eigenvalue weighted by molar-refractivity contribution is 7.80. The smallest absolute Gasteiger partial charge is 0.0948 e. The van der Waals surface area contributed by atoms with E-state index in [1.165, 1.54) is 5.56 Å². The number of nitrogens with zero attached hydrogens (tertiary/aromatic N) is 1. The van der Waals surface area contributed by atoms with Crippen LogP contribution in [0, 0.1) is 0 Å². The summed E-state index contributed by atoms with van der Waals surface area (Å²) in [6.45, 7) is 2.78. The second-order valence-corrected chi connectivity index (χ2v) is 4.58. The van der Waals surface area contributed by atoms with Gasteiger partial charge in [-0.25, -0.2) is 0 Å². The molecule has 0 aliphatic carbocycles. The second-order valence-electron chi connectivity index (χ2n) is 4.10. The Morgan fingerprint density at radius 1 is 1.41 bits per heavy atom. The number of aliphatic hydroxyl groups excluding tert-OH is 1. The Morgan fingerprint density at radius 3 is 2.41 bits per heavy atom. The van der Waals surface area contributed by atoms with Crippen LogP contribution >= 0.6 is 12.2 Å². The number of aliphatic hydroxyl groups is 1. The highest BCUT2D eigenvalue weighted by Gasteiger charge is 2.19. The maximum atomic E-state index is 8.97. The molecule has 94 valence electrons. The molecule has 0 radical (unpaired) electrons. The molecule has 4 heteroatoms. The van der Waals surface area contributed by atoms with Gasteiger partial charge in [-0.05, 0) is 24.6 Å². The highest BCUT2D eigenvalue weighted by atomic mass is 32.1. The summed E-state index contributed by atoms with van der Waals surface area (Å²) in [5.41, 5.74) is 8.15. The van der Waals surface area contributed by atoms with Crippen LogP contribution in [-0.2, 0) is 6.42 Å². The van der Waals surface area contributed by atoms with Gasteiger partial charge in [0.2, 0.25) is 0 Å². The van der Waals surface area contributed by atoms with Crippen LogP contribution in [0.5, 0.6) is 0 Å². The van der Waals surface area contributed by atoms with Crippen molar-refractivity contribution in [2.24, 2.45) is 5.73 Å². The standard InChI is InChI=1S/C13H20N2OS/c1-3-10-4-6-11(7-5-10)12(13(14)17)15(2)8-9-16/h4-7,12,16H,3,8-9H2,1-2H3,(H2,14,17). The van der Waals surface area contributed by atoms with Gasteiger partial charge in [-0.15, -0.1) is 0 Å². The van der Waals surface area contributed by atoms with Crippen molar-refractivity contribution < 1.29 is 5.11 Å². The molecule has 0 amide bonds. The third kappa shape index (κ3) is 3.77. The van der Waals surface area contributed by atoms with Gasteiger partial charge in [0, 0.05) is 6.54 Å². The average molecular weight is 252 g/mol. The van der Waals surface area contributed by atoms with Crippen molar-refractivity contribution >= 4 is 17.2 Å². The molecular weight excluding hydrogens is 232 g/mol. The van der Waals surface area contributed by atoms with Crippen LogP contribution in [0.3, 0.4) is 0 Å². The molecule has 1 unspecified atom stereocenters. The van der Waals surface area contributed by atoms with Gasteiger partial charge >= 0.3 is 0 Å². The number of hydrogen-bond donors (Lipinski definition) is 2. The van der Waals surface area contributed by atoms with Crippen LogP contribution in [0.1, 0.15) is 24.1 Å². The lowest BCUT2D eigenvalue weighted by Gasteiger charge is -2.27. The van der Waals surface area contributed by atoms with E-state index >= 15 is 0 Å². The molecule has 1 aromatic carbocycles. The third-order valence-corrected chi connectivity index (χ3v) is 3.09. The monoisotopic (exact) mass is 252 g/mol. The second kappa shape index (κ2) is 6.69. The average Bonchev–Trinajstić information content (AvgIpc) is 2.30. The molecule has 1 aromatic rings. The fraction of sp³-hybridized carbons (Fsp3) is 0.462. The first-order chi connectivity index (χ1) is 8.10. The van der Waals surface area contributed by atoms with Crippen LogP contribution in [0.4, 0.5) is 0 Å². The zero-order valence-electron chi connectivity index (χ0n) is 10.4. The van der Waals surface area contributed by atoms with E-state index in [2.05, 4.69) is 31.2 Å². The van der Waals surface area contributed by atoms with E-state index in [0.717, 1.165) is 12.0 Å². The van der Waals surface area contributed by atoms with Gasteiger partial charge in [0.1, 0.15) is 0 Å². The van der Waals surface area contributed by atoms with Crippen LogP contribution in [0.15, 0.2) is 24.3 Å². The summed E-state index contributed by atoms with van der Waals surface area (Å²) in [5.74, 6) is 0. The Labute approximate surface area is 108 Å². The molecule has 0 spiro atoms. The van der Waals surface area contributed by atoms with Gasteiger partial charge < -0.3 is 10.8 Å². The van der Waals surface area contributed by atoms with Crippen molar-refractivity contribution in [1.82, 2.24) is 4.90 Å². The predicted molar refractivity (Wildman–Crippen MR) is 75.1 cm³/mol. The van der Waals surface area contributed by atoms with Gasteiger partial charge in [-0.1, -0.05) is 43.4 Å². The summed E-state index contributed by atoms with van der Waals surface area (Å²) in [6, 6.07) is 8.18. The SMILES string of the molecule is CCc1ccc(C(C(N)=S)N(C)CCO)cc1. The van der Waals surface area contributed by atoms with E-state index in [9.17, 15) is 0 Å². The van der Waals surface area contributed by atoms with E-state index in [-0.39, 0.29) is 12.6 Å². The molecule has 0 aliphatic heterocycles. The van der Waals surface area contributed by atoms with E-state index in [0.29, 0.717) is 11.5 Å². The van der Waals surface area contributed by atoms with Gasteiger partial charge in [0.05, 0.1) is 17.6 Å². The molecule has 0 bridgehead atoms. The summed E-state index contributed by atoms with van der Waals surface area (Å²) >= 11 is 5.11. The fourth-order valence-electron chi connectivity index (χ4n) is 1.86. The summed E-state index contributed by atoms with van der Waals surface area (Å²) in [6.07, 6.45) is 1.02. The summed E-state index contributed by atoms with van der Waals surface area (Å²) < 4.78 is 0. The van der Waals surface area contributed by atoms with Crippen LogP contribution in [0.2, 0.25) is 0 Å². The number of aryl methyl sites for hydroxylation is 1. The Morgan fingerprint density at radius 2 is 2.00 bits per heavy atom. The molecule has 0 aromatic heterocycles. The highest BCUT2D eigenvalue weighted by Crippen LogP contribution is 2.20. The van der Waals surface area contributed by atoms with E-state index < -0.39 is 0 Å². The molecule has 3 N–H and O–H groups in total. The zero-order valence-corrected chi connectivity index (χ0v) is 11.2. The van der Waals surface area contributed by atoms with Crippen LogP contribution < -0.4 is 5.73 Å². The number of hydrogen-bond acceptors (Lipinski definition) is 3. The lowest BCUT2D eigenvalue weighted by Crippen LogP contribution is -2.35. The molecule has 0 aliphatic rings. The van der Waals surface area contributed by atoms with E-state index in [4.69, 9.17) is 23.1 Å². The molecule has 0 saturated heterocycles. The summed E-state index contributed by atoms with van der Waals surface area (Å²) in [4.78, 5) is 2.40. The van der Waals surface area contributed by atoms with Gasteiger partial charge in [-0.2, -0.15) is 0 Å². The molecule has 3 nitrogen and oxygen atoms in total. The first-order valence-electron chi connectivity index (χ1n) is 5.79. The Balaban J connectivity index is 2.93. The largest absolute Gasteiger partial charge is 0.395 e. The molecule has 17 heavy (non-hydrogen) atoms. The lowest BCUT2D eigenvalue weighted by atomic mass is 10.0. The number of benzene rings is 1. The quantitative estimate of drug-likeness (QED) is 0.753. The summed E-state index contributed by atoms with van der Waals surface area (Å²) in [5, 5.41) is 8.97. The zero-order chi connectivity index (χ0) is 12.8. The first-order valence-corrected chi connectivity index (χ1v) is 6.20. The van der Waals surface area contributed by atoms with Crippen molar-refractivity contribution in [3.63, 3.8) is 0 Å². The summed E-state index contributed by atoms with van der Waals surface area (Å²) in [7, 11) is 1.91. The van der Waals surface area contributed by atoms with Crippen molar-refractivity contribution in [1.29, 1.82) is 0 Å². The normalized spacial score (nSPS) is 12.7. The molecule has 1 atom stereocenters. The van der Waals surface area contributed by atoms with E-state index in [1.807, 2.05) is 11.9 Å². The van der Waals surface area contributed by atoms with Crippen molar-refractivity contribution in [2.75, 3.05) is 20.2 Å². The fourth-order valence-corrected chi connectivity index (χ4v) is 2.17. The minimum atomic E-state index is -0.108. The number of nitrogens with two attached hydrogens (primary N) is 1.